The summed E-state index contributed by atoms with van der Waals surface area (Å²) in [7, 11) is 0. The number of benzene rings is 4. The van der Waals surface area contributed by atoms with Crippen LogP contribution in [0.25, 0.3) is 10.8 Å². The molecule has 0 radical (unpaired) electrons. The summed E-state index contributed by atoms with van der Waals surface area (Å²) in [6.07, 6.45) is 0.182. The number of nitrogens with one attached hydrogen (secondary N) is 3. The Kier molecular flexibility index (Phi) is 7.07. The van der Waals surface area contributed by atoms with E-state index in [1.165, 1.54) is 0 Å². The van der Waals surface area contributed by atoms with Gasteiger partial charge in [-0.05, 0) is 39.7 Å². The normalized spacial score (nSPS) is 10.6. The number of hydrazine groups is 1. The molecule has 33 heavy (non-hydrogen) atoms. The van der Waals surface area contributed by atoms with E-state index in [0.29, 0.717) is 0 Å². The molecule has 2 amide bonds. The predicted octanol–water partition coefficient (Wildman–Crippen LogP) is 4.24. The highest BCUT2D eigenvalue weighted by Crippen LogP contribution is 2.24. The zero-order valence-corrected chi connectivity index (χ0v) is 18.6. The van der Waals surface area contributed by atoms with Crippen molar-refractivity contribution in [2.45, 2.75) is 12.3 Å². The lowest BCUT2D eigenvalue weighted by Crippen LogP contribution is -2.49. The second-order valence-corrected chi connectivity index (χ2v) is 7.97. The maximum atomic E-state index is 13.1. The highest BCUT2D eigenvalue weighted by atomic mass is 32.1. The number of thiocarbonyl (C=S) groups is 1. The first-order valence-corrected chi connectivity index (χ1v) is 11.0. The summed E-state index contributed by atoms with van der Waals surface area (Å²) >= 11 is 5.25. The van der Waals surface area contributed by atoms with E-state index >= 15 is 0 Å². The topological polar surface area (TPSA) is 70.2 Å². The third-order valence-electron chi connectivity index (χ3n) is 5.31. The summed E-state index contributed by atoms with van der Waals surface area (Å²) in [5.74, 6) is -1.07. The minimum Gasteiger partial charge on any atom is -0.301 e. The quantitative estimate of drug-likeness (QED) is 0.312. The second-order valence-electron chi connectivity index (χ2n) is 7.56. The largest absolute Gasteiger partial charge is 0.301 e. The summed E-state index contributed by atoms with van der Waals surface area (Å²) < 4.78 is 0. The van der Waals surface area contributed by atoms with E-state index in [2.05, 4.69) is 16.2 Å². The van der Waals surface area contributed by atoms with E-state index in [1.54, 1.807) is 0 Å². The number of hydrogen-bond donors (Lipinski definition) is 3. The van der Waals surface area contributed by atoms with Crippen molar-refractivity contribution in [2.24, 2.45) is 0 Å². The van der Waals surface area contributed by atoms with E-state index in [1.807, 2.05) is 103 Å². The van der Waals surface area contributed by atoms with Gasteiger partial charge in [0.2, 0.25) is 11.8 Å². The van der Waals surface area contributed by atoms with Gasteiger partial charge in [0.05, 0.1) is 12.3 Å². The molecule has 6 heteroatoms. The van der Waals surface area contributed by atoms with E-state index in [0.717, 1.165) is 27.5 Å². The van der Waals surface area contributed by atoms with Gasteiger partial charge in [-0.2, -0.15) is 0 Å². The third-order valence-corrected chi connectivity index (χ3v) is 5.52. The molecule has 0 spiro atoms. The molecule has 0 fully saturated rings. The number of carbonyl (C=O) groups is 2. The molecule has 164 valence electrons. The molecule has 5 nitrogen and oxygen atoms in total. The molecule has 0 saturated heterocycles. The van der Waals surface area contributed by atoms with Crippen LogP contribution in [-0.2, 0) is 16.0 Å². The van der Waals surface area contributed by atoms with Crippen molar-refractivity contribution >= 4 is 39.9 Å². The Bertz CT molecular complexity index is 1230. The van der Waals surface area contributed by atoms with E-state index in [-0.39, 0.29) is 23.3 Å². The predicted molar refractivity (Wildman–Crippen MR) is 134 cm³/mol. The molecule has 0 saturated carbocycles. The third kappa shape index (κ3) is 5.61. The van der Waals surface area contributed by atoms with Crippen molar-refractivity contribution < 1.29 is 9.59 Å². The summed E-state index contributed by atoms with van der Waals surface area (Å²) in [5.41, 5.74) is 7.83. The van der Waals surface area contributed by atoms with E-state index in [9.17, 15) is 9.59 Å². The summed E-state index contributed by atoms with van der Waals surface area (Å²) in [4.78, 5) is 25.6. The summed E-state index contributed by atoms with van der Waals surface area (Å²) in [6.45, 7) is 0. The Morgan fingerprint density at radius 3 is 1.94 bits per heavy atom. The highest BCUT2D eigenvalue weighted by Gasteiger charge is 2.23. The van der Waals surface area contributed by atoms with Crippen molar-refractivity contribution in [3.8, 4) is 0 Å². The Balaban J connectivity index is 1.38. The molecule has 0 aliphatic rings. The number of fused-ring (bicyclic) bond motifs is 1. The van der Waals surface area contributed by atoms with Crippen LogP contribution in [0.1, 0.15) is 22.6 Å². The molecule has 0 atom stereocenters. The monoisotopic (exact) mass is 453 g/mol. The van der Waals surface area contributed by atoms with Gasteiger partial charge in [0.15, 0.2) is 5.11 Å². The van der Waals surface area contributed by atoms with Gasteiger partial charge in [-0.25, -0.2) is 0 Å². The average molecular weight is 454 g/mol. The van der Waals surface area contributed by atoms with Gasteiger partial charge in [0.25, 0.3) is 0 Å². The highest BCUT2D eigenvalue weighted by molar-refractivity contribution is 7.80. The van der Waals surface area contributed by atoms with Crippen LogP contribution in [0.5, 0.6) is 0 Å². The molecule has 0 heterocycles. The van der Waals surface area contributed by atoms with Gasteiger partial charge < -0.3 is 5.32 Å². The van der Waals surface area contributed by atoms with Crippen LogP contribution in [0, 0.1) is 0 Å². The lowest BCUT2D eigenvalue weighted by atomic mass is 9.90. The van der Waals surface area contributed by atoms with Gasteiger partial charge >= 0.3 is 0 Å². The van der Waals surface area contributed by atoms with Crippen molar-refractivity contribution in [2.75, 3.05) is 0 Å². The zero-order chi connectivity index (χ0) is 23.0. The van der Waals surface area contributed by atoms with Crippen LogP contribution >= 0.6 is 12.2 Å². The zero-order valence-electron chi connectivity index (χ0n) is 17.8. The maximum Gasteiger partial charge on any atom is 0.242 e. The Labute approximate surface area is 197 Å². The van der Waals surface area contributed by atoms with Crippen LogP contribution in [0.15, 0.2) is 103 Å². The van der Waals surface area contributed by atoms with Crippen molar-refractivity contribution in [1.82, 2.24) is 16.2 Å². The Morgan fingerprint density at radius 2 is 1.27 bits per heavy atom. The minimum atomic E-state index is -0.529. The molecular formula is C27H23N3O2S. The van der Waals surface area contributed by atoms with Crippen LogP contribution in [0.4, 0.5) is 0 Å². The van der Waals surface area contributed by atoms with Crippen molar-refractivity contribution in [3.63, 3.8) is 0 Å². The van der Waals surface area contributed by atoms with Gasteiger partial charge in [0.1, 0.15) is 0 Å². The number of hydrogen-bond acceptors (Lipinski definition) is 3. The molecular weight excluding hydrogens is 430 g/mol. The second kappa shape index (κ2) is 10.5. The molecule has 0 aliphatic carbocycles. The van der Waals surface area contributed by atoms with E-state index < -0.39 is 5.92 Å². The summed E-state index contributed by atoms with van der Waals surface area (Å²) in [6, 6.07) is 32.8. The Morgan fingerprint density at radius 1 is 0.697 bits per heavy atom. The van der Waals surface area contributed by atoms with Gasteiger partial charge in [-0.1, -0.05) is 103 Å². The maximum absolute atomic E-state index is 13.1. The molecule has 0 aliphatic heterocycles. The van der Waals surface area contributed by atoms with Gasteiger partial charge in [-0.3, -0.25) is 20.4 Å². The molecule has 4 aromatic carbocycles. The van der Waals surface area contributed by atoms with Crippen LogP contribution in [0.2, 0.25) is 0 Å². The van der Waals surface area contributed by atoms with Gasteiger partial charge in [0, 0.05) is 0 Å². The molecule has 0 bridgehead atoms. The SMILES string of the molecule is O=C(Cc1cccc2ccccc12)NNC(=S)NC(=O)C(c1ccccc1)c1ccccc1. The molecule has 3 N–H and O–H groups in total. The van der Waals surface area contributed by atoms with E-state index in [4.69, 9.17) is 12.2 Å². The fourth-order valence-electron chi connectivity index (χ4n) is 3.79. The lowest BCUT2D eigenvalue weighted by molar-refractivity contribution is -0.122. The fraction of sp³-hybridized carbons (Fsp3) is 0.0741. The molecule has 4 rings (SSSR count). The average Bonchev–Trinajstić information content (AvgIpc) is 2.84. The number of amides is 2. The smallest absolute Gasteiger partial charge is 0.242 e. The Hall–Kier alpha value is -4.03. The molecule has 4 aromatic rings. The van der Waals surface area contributed by atoms with Crippen LogP contribution < -0.4 is 16.2 Å². The van der Waals surface area contributed by atoms with Gasteiger partial charge in [-0.15, -0.1) is 0 Å². The first kappa shape index (κ1) is 22.2. The van der Waals surface area contributed by atoms with Crippen molar-refractivity contribution in [3.05, 3.63) is 120 Å². The first-order chi connectivity index (χ1) is 16.1. The fourth-order valence-corrected chi connectivity index (χ4v) is 3.94. The minimum absolute atomic E-state index is 0.0307. The number of carbonyl (C=O) groups excluding carboxylic acids is 2. The first-order valence-electron chi connectivity index (χ1n) is 10.6. The molecule has 0 unspecified atom stereocenters. The molecule has 0 aromatic heterocycles. The van der Waals surface area contributed by atoms with Crippen LogP contribution in [0.3, 0.4) is 0 Å². The standard InChI is InChI=1S/C27H23N3O2S/c31-24(18-22-16-9-15-19-10-7-8-17-23(19)22)29-30-27(33)28-26(32)25(20-11-3-1-4-12-20)21-13-5-2-6-14-21/h1-17,25H,18H2,(H,29,31)(H2,28,30,32,33). The van der Waals surface area contributed by atoms with Crippen LogP contribution in [-0.4, -0.2) is 16.9 Å². The number of rotatable bonds is 5. The lowest BCUT2D eigenvalue weighted by Gasteiger charge is -2.19. The van der Waals surface area contributed by atoms with Crippen molar-refractivity contribution in [1.29, 1.82) is 0 Å². The summed E-state index contributed by atoms with van der Waals surface area (Å²) in [5, 5.41) is 4.83.